The molecule has 0 saturated carbocycles. The standard InChI is InChI=1S/C22H17ClFN5O3S/c23-18-13-8-11-9-22(19(30)25-21(33)26-20(22)31)14-10-28(12-4-2-1-3-5-12)6-7-29(14)16(11)15(24)17(13)32-27-18/h1-5,8,14H,6-7,9-10H2,(H2,25,26,30,31,33). The van der Waals surface area contributed by atoms with E-state index >= 15 is 4.39 Å². The second-order valence-electron chi connectivity index (χ2n) is 8.42. The Balaban J connectivity index is 1.54. The smallest absolute Gasteiger partial charge is 0.244 e. The SMILES string of the molecule is O=C1NC(=S)NC(=O)C12Cc1cc3c(Cl)noc3c(F)c1N1CCN(c3ccccc3)CC12. The van der Waals surface area contributed by atoms with Gasteiger partial charge in [-0.15, -0.1) is 0 Å². The van der Waals surface area contributed by atoms with Crippen molar-refractivity contribution in [3.63, 3.8) is 0 Å². The minimum Gasteiger partial charge on any atom is -0.368 e. The molecule has 0 aliphatic carbocycles. The Kier molecular flexibility index (Phi) is 4.40. The molecule has 6 rings (SSSR count). The van der Waals surface area contributed by atoms with Gasteiger partial charge in [-0.2, -0.15) is 0 Å². The Hall–Kier alpha value is -3.24. The Bertz CT molecular complexity index is 1330. The molecule has 33 heavy (non-hydrogen) atoms. The largest absolute Gasteiger partial charge is 0.368 e. The molecule has 3 aliphatic heterocycles. The van der Waals surface area contributed by atoms with Gasteiger partial charge in [0.05, 0.1) is 17.1 Å². The number of thiocarbonyl (C=S) groups is 1. The van der Waals surface area contributed by atoms with Crippen molar-refractivity contribution >= 4 is 63.1 Å². The number of hydrogen-bond donors (Lipinski definition) is 2. The number of para-hydroxylation sites is 1. The molecule has 0 radical (unpaired) electrons. The number of piperazine rings is 1. The maximum absolute atomic E-state index is 15.7. The van der Waals surface area contributed by atoms with Crippen LogP contribution in [0.15, 0.2) is 40.9 Å². The van der Waals surface area contributed by atoms with Gasteiger partial charge in [0.25, 0.3) is 0 Å². The number of aromatic nitrogens is 1. The van der Waals surface area contributed by atoms with Crippen LogP contribution < -0.4 is 20.4 Å². The summed E-state index contributed by atoms with van der Waals surface area (Å²) in [6.45, 7) is 1.31. The Labute approximate surface area is 197 Å². The second-order valence-corrected chi connectivity index (χ2v) is 9.19. The highest BCUT2D eigenvalue weighted by atomic mass is 35.5. The lowest BCUT2D eigenvalue weighted by atomic mass is 9.68. The fraction of sp³-hybridized carbons (Fsp3) is 0.273. The van der Waals surface area contributed by atoms with Crippen LogP contribution in [0, 0.1) is 11.2 Å². The first-order valence-corrected chi connectivity index (χ1v) is 11.2. The van der Waals surface area contributed by atoms with Crippen molar-refractivity contribution in [1.29, 1.82) is 0 Å². The van der Waals surface area contributed by atoms with Crippen LogP contribution in [0.3, 0.4) is 0 Å². The van der Waals surface area contributed by atoms with Crippen LogP contribution in [0.25, 0.3) is 11.0 Å². The monoisotopic (exact) mass is 485 g/mol. The number of halogens is 2. The van der Waals surface area contributed by atoms with Crippen LogP contribution in [0.4, 0.5) is 15.8 Å². The number of nitrogens with one attached hydrogen (secondary N) is 2. The summed E-state index contributed by atoms with van der Waals surface area (Å²) in [5.74, 6) is -1.59. The molecule has 168 valence electrons. The minimum atomic E-state index is -1.51. The normalized spacial score (nSPS) is 21.6. The van der Waals surface area contributed by atoms with Gasteiger partial charge < -0.3 is 25.0 Å². The van der Waals surface area contributed by atoms with E-state index in [0.717, 1.165) is 5.69 Å². The molecule has 1 aromatic heterocycles. The average molecular weight is 486 g/mol. The Morgan fingerprint density at radius 2 is 1.91 bits per heavy atom. The van der Waals surface area contributed by atoms with Gasteiger partial charge in [-0.3, -0.25) is 9.59 Å². The highest BCUT2D eigenvalue weighted by Crippen LogP contribution is 2.48. The van der Waals surface area contributed by atoms with Gasteiger partial charge in [0.1, 0.15) is 0 Å². The molecule has 2 fully saturated rings. The highest BCUT2D eigenvalue weighted by molar-refractivity contribution is 7.80. The van der Waals surface area contributed by atoms with Crippen LogP contribution in [-0.2, 0) is 16.0 Å². The lowest BCUT2D eigenvalue weighted by molar-refractivity contribution is -0.145. The predicted molar refractivity (Wildman–Crippen MR) is 124 cm³/mol. The summed E-state index contributed by atoms with van der Waals surface area (Å²) < 4.78 is 20.8. The van der Waals surface area contributed by atoms with Crippen LogP contribution in [0.1, 0.15) is 5.56 Å². The average Bonchev–Trinajstić information content (AvgIpc) is 3.18. The molecule has 1 unspecified atom stereocenters. The van der Waals surface area contributed by atoms with E-state index in [1.807, 2.05) is 30.3 Å². The predicted octanol–water partition coefficient (Wildman–Crippen LogP) is 2.39. The maximum Gasteiger partial charge on any atom is 0.244 e. The molecule has 3 aromatic rings. The second kappa shape index (κ2) is 7.13. The quantitative estimate of drug-likeness (QED) is 0.404. The van der Waals surface area contributed by atoms with Gasteiger partial charge in [-0.1, -0.05) is 35.0 Å². The number of rotatable bonds is 1. The van der Waals surface area contributed by atoms with E-state index in [-0.39, 0.29) is 22.3 Å². The zero-order valence-electron chi connectivity index (χ0n) is 17.1. The summed E-state index contributed by atoms with van der Waals surface area (Å²) in [5, 5.41) is 9.19. The number of hydrogen-bond acceptors (Lipinski definition) is 7. The fourth-order valence-corrected chi connectivity index (χ4v) is 5.65. The lowest BCUT2D eigenvalue weighted by Crippen LogP contribution is -2.74. The van der Waals surface area contributed by atoms with Crippen LogP contribution >= 0.6 is 23.8 Å². The van der Waals surface area contributed by atoms with Gasteiger partial charge in [0.15, 0.2) is 21.5 Å². The number of amides is 2. The van der Waals surface area contributed by atoms with Crippen molar-refractivity contribution in [2.24, 2.45) is 5.41 Å². The number of anilines is 2. The summed E-state index contributed by atoms with van der Waals surface area (Å²) in [5.41, 5.74) is 0.216. The molecular weight excluding hydrogens is 469 g/mol. The molecule has 2 saturated heterocycles. The summed E-state index contributed by atoms with van der Waals surface area (Å²) in [6.07, 6.45) is -0.0131. The molecule has 11 heteroatoms. The molecule has 1 atom stereocenters. The number of benzene rings is 2. The third kappa shape index (κ3) is 2.80. The summed E-state index contributed by atoms with van der Waals surface area (Å²) >= 11 is 11.1. The first-order valence-electron chi connectivity index (χ1n) is 10.4. The van der Waals surface area contributed by atoms with Crippen molar-refractivity contribution in [1.82, 2.24) is 15.8 Å². The van der Waals surface area contributed by atoms with Crippen LogP contribution in [-0.4, -0.2) is 47.8 Å². The molecule has 8 nitrogen and oxygen atoms in total. The third-order valence-corrected chi connectivity index (χ3v) is 7.28. The van der Waals surface area contributed by atoms with E-state index in [4.69, 9.17) is 28.3 Å². The van der Waals surface area contributed by atoms with Crippen molar-refractivity contribution < 1.29 is 18.5 Å². The maximum atomic E-state index is 15.7. The summed E-state index contributed by atoms with van der Waals surface area (Å²) in [6, 6.07) is 10.7. The van der Waals surface area contributed by atoms with Crippen molar-refractivity contribution in [3.05, 3.63) is 52.9 Å². The van der Waals surface area contributed by atoms with E-state index in [0.29, 0.717) is 36.3 Å². The van der Waals surface area contributed by atoms with Crippen LogP contribution in [0.5, 0.6) is 0 Å². The van der Waals surface area contributed by atoms with E-state index in [2.05, 4.69) is 20.7 Å². The fourth-order valence-electron chi connectivity index (χ4n) is 5.29. The molecular formula is C22H17ClFN5O3S. The van der Waals surface area contributed by atoms with Gasteiger partial charge in [-0.05, 0) is 36.0 Å². The topological polar surface area (TPSA) is 90.7 Å². The van der Waals surface area contributed by atoms with Crippen molar-refractivity contribution in [2.45, 2.75) is 12.5 Å². The lowest BCUT2D eigenvalue weighted by Gasteiger charge is -2.54. The molecule has 3 aliphatic rings. The first kappa shape index (κ1) is 20.4. The van der Waals surface area contributed by atoms with Crippen molar-refractivity contribution in [2.75, 3.05) is 29.4 Å². The number of fused-ring (bicyclic) bond motifs is 5. The van der Waals surface area contributed by atoms with Crippen molar-refractivity contribution in [3.8, 4) is 0 Å². The van der Waals surface area contributed by atoms with E-state index in [1.165, 1.54) is 0 Å². The number of carbonyl (C=O) groups excluding carboxylic acids is 2. The summed E-state index contributed by atoms with van der Waals surface area (Å²) in [7, 11) is 0. The highest BCUT2D eigenvalue weighted by Gasteiger charge is 2.61. The first-order chi connectivity index (χ1) is 15.9. The number of carbonyl (C=O) groups is 2. The van der Waals surface area contributed by atoms with Crippen LogP contribution in [0.2, 0.25) is 5.15 Å². The van der Waals surface area contributed by atoms with Gasteiger partial charge in [0.2, 0.25) is 17.4 Å². The third-order valence-electron chi connectivity index (χ3n) is 6.81. The molecule has 4 heterocycles. The Morgan fingerprint density at radius 1 is 1.18 bits per heavy atom. The molecule has 2 aromatic carbocycles. The van der Waals surface area contributed by atoms with E-state index < -0.39 is 29.1 Å². The van der Waals surface area contributed by atoms with Gasteiger partial charge in [-0.25, -0.2) is 4.39 Å². The van der Waals surface area contributed by atoms with Gasteiger partial charge in [0, 0.05) is 31.7 Å². The molecule has 2 N–H and O–H groups in total. The van der Waals surface area contributed by atoms with E-state index in [9.17, 15) is 9.59 Å². The number of nitrogens with zero attached hydrogens (tertiary/aromatic N) is 3. The molecule has 0 bridgehead atoms. The van der Waals surface area contributed by atoms with E-state index in [1.54, 1.807) is 11.0 Å². The summed E-state index contributed by atoms with van der Waals surface area (Å²) in [4.78, 5) is 30.7. The molecule has 1 spiro atoms. The zero-order valence-corrected chi connectivity index (χ0v) is 18.7. The van der Waals surface area contributed by atoms with Gasteiger partial charge >= 0.3 is 0 Å². The Morgan fingerprint density at radius 3 is 2.64 bits per heavy atom. The minimum absolute atomic E-state index is 0.0131. The molecule has 2 amide bonds. The zero-order chi connectivity index (χ0) is 22.9.